The highest BCUT2D eigenvalue weighted by molar-refractivity contribution is 5.46. The molecule has 96 valence electrons. The summed E-state index contributed by atoms with van der Waals surface area (Å²) in [5, 5.41) is 10.4. The maximum atomic E-state index is 10.4. The molecule has 0 fully saturated rings. The minimum absolute atomic E-state index is 0.628. The Balaban J connectivity index is 2.50. The highest BCUT2D eigenvalue weighted by atomic mass is 16.5. The van der Waals surface area contributed by atoms with Crippen molar-refractivity contribution in [3.63, 3.8) is 0 Å². The lowest BCUT2D eigenvalue weighted by atomic mass is 9.98. The minimum atomic E-state index is -0.762. The van der Waals surface area contributed by atoms with Crippen molar-refractivity contribution in [3.8, 4) is 5.75 Å². The molecule has 0 saturated heterocycles. The van der Waals surface area contributed by atoms with Crippen molar-refractivity contribution in [3.05, 3.63) is 47.0 Å². The summed E-state index contributed by atoms with van der Waals surface area (Å²) in [4.78, 5) is 4.19. The van der Waals surface area contributed by atoms with Crippen LogP contribution < -0.4 is 4.74 Å². The second-order valence-electron chi connectivity index (χ2n) is 4.56. The maximum absolute atomic E-state index is 10.4. The van der Waals surface area contributed by atoms with E-state index in [9.17, 15) is 5.11 Å². The summed E-state index contributed by atoms with van der Waals surface area (Å²) in [5.41, 5.74) is 3.52. The Kier molecular flexibility index (Phi) is 3.39. The van der Waals surface area contributed by atoms with Gasteiger partial charge in [0.2, 0.25) is 0 Å². The molecule has 18 heavy (non-hydrogen) atoms. The van der Waals surface area contributed by atoms with Crippen molar-refractivity contribution in [2.75, 3.05) is 7.11 Å². The maximum Gasteiger partial charge on any atom is 0.126 e. The smallest absolute Gasteiger partial charge is 0.126 e. The van der Waals surface area contributed by atoms with Crippen molar-refractivity contribution in [2.24, 2.45) is 7.05 Å². The molecule has 1 N–H and O–H groups in total. The van der Waals surface area contributed by atoms with Gasteiger partial charge in [-0.1, -0.05) is 6.07 Å². The van der Waals surface area contributed by atoms with Crippen LogP contribution in [0.3, 0.4) is 0 Å². The number of methoxy groups -OCH3 is 1. The van der Waals surface area contributed by atoms with E-state index < -0.39 is 6.10 Å². The molecule has 0 aliphatic carbocycles. The fraction of sp³-hybridized carbons (Fsp3) is 0.357. The van der Waals surface area contributed by atoms with Gasteiger partial charge in [-0.3, -0.25) is 0 Å². The van der Waals surface area contributed by atoms with E-state index in [0.29, 0.717) is 11.4 Å². The van der Waals surface area contributed by atoms with E-state index in [1.165, 1.54) is 0 Å². The van der Waals surface area contributed by atoms with Gasteiger partial charge in [0, 0.05) is 18.8 Å². The van der Waals surface area contributed by atoms with Crippen LogP contribution in [-0.2, 0) is 7.05 Å². The average molecular weight is 246 g/mol. The lowest BCUT2D eigenvalue weighted by Gasteiger charge is -2.16. The summed E-state index contributed by atoms with van der Waals surface area (Å²) in [7, 11) is 3.49. The van der Waals surface area contributed by atoms with Gasteiger partial charge in [-0.05, 0) is 31.0 Å². The molecular formula is C14H18N2O2. The third-order valence-corrected chi connectivity index (χ3v) is 2.99. The summed E-state index contributed by atoms with van der Waals surface area (Å²) in [6.45, 7) is 3.98. The fourth-order valence-corrected chi connectivity index (χ4v) is 2.18. The first kappa shape index (κ1) is 12.6. The number of nitrogens with zero attached hydrogens (tertiary/aromatic N) is 2. The van der Waals surface area contributed by atoms with Gasteiger partial charge in [-0.2, -0.15) is 0 Å². The Morgan fingerprint density at radius 1 is 1.33 bits per heavy atom. The first-order valence-corrected chi connectivity index (χ1v) is 5.84. The molecule has 0 radical (unpaired) electrons. The van der Waals surface area contributed by atoms with Crippen LogP contribution in [0.15, 0.2) is 24.7 Å². The lowest BCUT2D eigenvalue weighted by Crippen LogP contribution is -2.05. The van der Waals surface area contributed by atoms with E-state index in [4.69, 9.17) is 4.74 Å². The minimum Gasteiger partial charge on any atom is -0.496 e. The van der Waals surface area contributed by atoms with E-state index in [2.05, 4.69) is 4.98 Å². The van der Waals surface area contributed by atoms with Crippen LogP contribution in [0.1, 0.15) is 28.5 Å². The molecule has 1 aromatic heterocycles. The predicted molar refractivity (Wildman–Crippen MR) is 69.7 cm³/mol. The molecule has 4 nitrogen and oxygen atoms in total. The van der Waals surface area contributed by atoms with Gasteiger partial charge >= 0.3 is 0 Å². The molecule has 2 aromatic rings. The molecule has 0 saturated carbocycles. The first-order chi connectivity index (χ1) is 8.52. The molecule has 2 rings (SSSR count). The van der Waals surface area contributed by atoms with Gasteiger partial charge in [0.05, 0.1) is 19.1 Å². The Morgan fingerprint density at radius 2 is 2.06 bits per heavy atom. The standard InChI is InChI=1S/C14H18N2O2/c1-9-5-10(2)13(12(6-9)18-4)14(17)11-7-16(3)8-15-11/h5-8,14,17H,1-4H3. The molecule has 1 aromatic carbocycles. The number of imidazole rings is 1. The number of rotatable bonds is 3. The lowest BCUT2D eigenvalue weighted by molar-refractivity contribution is 0.209. The van der Waals surface area contributed by atoms with Crippen molar-refractivity contribution in [2.45, 2.75) is 20.0 Å². The molecule has 0 spiro atoms. The van der Waals surface area contributed by atoms with Gasteiger partial charge in [-0.15, -0.1) is 0 Å². The predicted octanol–water partition coefficient (Wildman–Crippen LogP) is 2.13. The summed E-state index contributed by atoms with van der Waals surface area (Å²) < 4.78 is 7.18. The zero-order chi connectivity index (χ0) is 13.3. The number of aromatic nitrogens is 2. The van der Waals surface area contributed by atoms with Crippen LogP contribution in [0.25, 0.3) is 0 Å². The number of aryl methyl sites for hydroxylation is 3. The number of benzene rings is 1. The Bertz CT molecular complexity index is 561. The third kappa shape index (κ3) is 2.24. The van der Waals surface area contributed by atoms with Gasteiger partial charge in [0.15, 0.2) is 0 Å². The monoisotopic (exact) mass is 246 g/mol. The number of aliphatic hydroxyl groups excluding tert-OH is 1. The molecular weight excluding hydrogens is 228 g/mol. The van der Waals surface area contributed by atoms with Gasteiger partial charge in [0.25, 0.3) is 0 Å². The number of hydrogen-bond donors (Lipinski definition) is 1. The zero-order valence-corrected chi connectivity index (χ0v) is 11.1. The van der Waals surface area contributed by atoms with Crippen molar-refractivity contribution in [1.29, 1.82) is 0 Å². The first-order valence-electron chi connectivity index (χ1n) is 5.84. The van der Waals surface area contributed by atoms with E-state index in [1.807, 2.05) is 43.8 Å². The number of aliphatic hydroxyl groups is 1. The average Bonchev–Trinajstić information content (AvgIpc) is 2.74. The van der Waals surface area contributed by atoms with Gasteiger partial charge in [0.1, 0.15) is 11.9 Å². The van der Waals surface area contributed by atoms with Crippen molar-refractivity contribution >= 4 is 0 Å². The Morgan fingerprint density at radius 3 is 2.61 bits per heavy atom. The molecule has 1 unspecified atom stereocenters. The molecule has 4 heteroatoms. The van der Waals surface area contributed by atoms with E-state index >= 15 is 0 Å². The van der Waals surface area contributed by atoms with Gasteiger partial charge < -0.3 is 14.4 Å². The summed E-state index contributed by atoms with van der Waals surface area (Å²) in [6, 6.07) is 3.96. The second-order valence-corrected chi connectivity index (χ2v) is 4.56. The summed E-state index contributed by atoms with van der Waals surface area (Å²) in [6.07, 6.45) is 2.72. The Hall–Kier alpha value is -1.81. The van der Waals surface area contributed by atoms with E-state index in [1.54, 1.807) is 13.4 Å². The number of ether oxygens (including phenoxy) is 1. The topological polar surface area (TPSA) is 47.3 Å². The molecule has 0 bridgehead atoms. The summed E-state index contributed by atoms with van der Waals surface area (Å²) >= 11 is 0. The van der Waals surface area contributed by atoms with Crippen LogP contribution in [0.5, 0.6) is 5.75 Å². The summed E-state index contributed by atoms with van der Waals surface area (Å²) in [5.74, 6) is 0.700. The van der Waals surface area contributed by atoms with Crippen LogP contribution >= 0.6 is 0 Å². The van der Waals surface area contributed by atoms with Crippen molar-refractivity contribution < 1.29 is 9.84 Å². The largest absolute Gasteiger partial charge is 0.496 e. The van der Waals surface area contributed by atoms with Gasteiger partial charge in [-0.25, -0.2) is 4.98 Å². The molecule has 1 atom stereocenters. The molecule has 1 heterocycles. The molecule has 0 aliphatic rings. The van der Waals surface area contributed by atoms with Crippen LogP contribution in [0.4, 0.5) is 0 Å². The van der Waals surface area contributed by atoms with Crippen molar-refractivity contribution in [1.82, 2.24) is 9.55 Å². The van der Waals surface area contributed by atoms with E-state index in [0.717, 1.165) is 16.7 Å². The third-order valence-electron chi connectivity index (χ3n) is 2.99. The highest BCUT2D eigenvalue weighted by Crippen LogP contribution is 2.33. The second kappa shape index (κ2) is 4.82. The highest BCUT2D eigenvalue weighted by Gasteiger charge is 2.20. The Labute approximate surface area is 107 Å². The normalized spacial score (nSPS) is 12.5. The van der Waals surface area contributed by atoms with E-state index in [-0.39, 0.29) is 0 Å². The molecule has 0 amide bonds. The molecule has 0 aliphatic heterocycles. The zero-order valence-electron chi connectivity index (χ0n) is 11.1. The van der Waals surface area contributed by atoms with Crippen LogP contribution in [0.2, 0.25) is 0 Å². The fourth-order valence-electron chi connectivity index (χ4n) is 2.18. The quantitative estimate of drug-likeness (QED) is 0.902. The number of hydrogen-bond acceptors (Lipinski definition) is 3. The van der Waals surface area contributed by atoms with Crippen LogP contribution in [-0.4, -0.2) is 21.8 Å². The van der Waals surface area contributed by atoms with Crippen LogP contribution in [0, 0.1) is 13.8 Å². The SMILES string of the molecule is COc1cc(C)cc(C)c1C(O)c1cn(C)cn1.